The molecule has 2 N–H and O–H groups in total. The average molecular weight is 248 g/mol. The van der Waals surface area contributed by atoms with E-state index in [-0.39, 0.29) is 0 Å². The van der Waals surface area contributed by atoms with Crippen molar-refractivity contribution >= 4 is 0 Å². The molecule has 0 aliphatic rings. The highest BCUT2D eigenvalue weighted by atomic mass is 15.1. The molecular weight excluding hydrogens is 220 g/mol. The first kappa shape index (κ1) is 15.2. The molecule has 0 aliphatic heterocycles. The lowest BCUT2D eigenvalue weighted by molar-refractivity contribution is 0.215. The van der Waals surface area contributed by atoms with E-state index in [0.717, 1.165) is 13.0 Å². The van der Waals surface area contributed by atoms with E-state index in [0.29, 0.717) is 12.0 Å². The predicted molar refractivity (Wildman–Crippen MR) is 79.9 cm³/mol. The van der Waals surface area contributed by atoms with Gasteiger partial charge in [0.1, 0.15) is 0 Å². The van der Waals surface area contributed by atoms with Crippen LogP contribution in [0.25, 0.3) is 0 Å². The van der Waals surface area contributed by atoms with Gasteiger partial charge in [-0.1, -0.05) is 24.6 Å². The second-order valence-electron chi connectivity index (χ2n) is 5.78. The molecule has 2 atom stereocenters. The van der Waals surface area contributed by atoms with Crippen molar-refractivity contribution in [3.8, 4) is 0 Å². The zero-order chi connectivity index (χ0) is 13.9. The van der Waals surface area contributed by atoms with Crippen molar-refractivity contribution in [1.29, 1.82) is 0 Å². The van der Waals surface area contributed by atoms with E-state index in [9.17, 15) is 0 Å². The number of rotatable bonds is 5. The Balaban J connectivity index is 3.22. The van der Waals surface area contributed by atoms with Crippen LogP contribution in [-0.4, -0.2) is 25.5 Å². The third-order valence-electron chi connectivity index (χ3n) is 3.75. The predicted octanol–water partition coefficient (Wildman–Crippen LogP) is 3.20. The Morgan fingerprint density at radius 2 is 1.61 bits per heavy atom. The van der Waals surface area contributed by atoms with Crippen LogP contribution in [0.4, 0.5) is 0 Å². The normalized spacial score (nSPS) is 14.9. The van der Waals surface area contributed by atoms with Crippen LogP contribution >= 0.6 is 0 Å². The number of nitrogens with zero attached hydrogens (tertiary/aromatic N) is 1. The van der Waals surface area contributed by atoms with Crippen LogP contribution in [0.3, 0.4) is 0 Å². The Bertz CT molecular complexity index is 373. The quantitative estimate of drug-likeness (QED) is 0.867. The summed E-state index contributed by atoms with van der Waals surface area (Å²) < 4.78 is 0. The summed E-state index contributed by atoms with van der Waals surface area (Å²) in [5.74, 6) is 0.574. The van der Waals surface area contributed by atoms with E-state index in [2.05, 4.69) is 58.8 Å². The van der Waals surface area contributed by atoms with Crippen LogP contribution < -0.4 is 5.73 Å². The standard InChI is InChI=1S/C16H28N2/c1-11-9-13(3)15(14(4)10-11)16(18(5)6)12(2)7-8-17/h9-10,12,16H,7-8,17H2,1-6H3. The van der Waals surface area contributed by atoms with Gasteiger partial charge in [-0.3, -0.25) is 0 Å². The Morgan fingerprint density at radius 1 is 1.11 bits per heavy atom. The molecule has 0 radical (unpaired) electrons. The topological polar surface area (TPSA) is 29.3 Å². The molecule has 0 spiro atoms. The van der Waals surface area contributed by atoms with Crippen LogP contribution in [-0.2, 0) is 0 Å². The first-order valence-corrected chi connectivity index (χ1v) is 6.82. The van der Waals surface area contributed by atoms with Gasteiger partial charge in [-0.2, -0.15) is 0 Å². The summed E-state index contributed by atoms with van der Waals surface area (Å²) in [7, 11) is 4.33. The minimum Gasteiger partial charge on any atom is -0.330 e. The number of nitrogens with two attached hydrogens (primary N) is 1. The van der Waals surface area contributed by atoms with E-state index in [1.165, 1.54) is 22.3 Å². The molecule has 2 heteroatoms. The molecule has 0 aromatic heterocycles. The van der Waals surface area contributed by atoms with Gasteiger partial charge in [-0.15, -0.1) is 0 Å². The lowest BCUT2D eigenvalue weighted by Crippen LogP contribution is -2.28. The van der Waals surface area contributed by atoms with Crippen LogP contribution in [0.2, 0.25) is 0 Å². The van der Waals surface area contributed by atoms with E-state index in [1.54, 1.807) is 0 Å². The molecule has 102 valence electrons. The molecule has 0 fully saturated rings. The fourth-order valence-electron chi connectivity index (χ4n) is 3.13. The summed E-state index contributed by atoms with van der Waals surface area (Å²) in [5, 5.41) is 0. The second kappa shape index (κ2) is 6.35. The monoisotopic (exact) mass is 248 g/mol. The lowest BCUT2D eigenvalue weighted by Gasteiger charge is -2.33. The Hall–Kier alpha value is -0.860. The highest BCUT2D eigenvalue weighted by Gasteiger charge is 2.24. The van der Waals surface area contributed by atoms with Crippen molar-refractivity contribution in [3.05, 3.63) is 34.4 Å². The molecule has 0 amide bonds. The smallest absolute Gasteiger partial charge is 0.0373 e. The summed E-state index contributed by atoms with van der Waals surface area (Å²) >= 11 is 0. The molecular formula is C16H28N2. The van der Waals surface area contributed by atoms with Gasteiger partial charge in [0.2, 0.25) is 0 Å². The zero-order valence-electron chi connectivity index (χ0n) is 12.7. The maximum absolute atomic E-state index is 5.73. The minimum absolute atomic E-state index is 0.453. The number of aryl methyl sites for hydroxylation is 3. The maximum atomic E-state index is 5.73. The third-order valence-corrected chi connectivity index (χ3v) is 3.75. The van der Waals surface area contributed by atoms with Crippen molar-refractivity contribution in [1.82, 2.24) is 4.90 Å². The third kappa shape index (κ3) is 3.33. The summed E-state index contributed by atoms with van der Waals surface area (Å²) in [6.45, 7) is 9.67. The molecule has 1 rings (SSSR count). The molecule has 2 unspecified atom stereocenters. The van der Waals surface area contributed by atoms with Gasteiger partial charge in [0.15, 0.2) is 0 Å². The summed E-state index contributed by atoms with van der Waals surface area (Å²) in [4.78, 5) is 2.32. The zero-order valence-corrected chi connectivity index (χ0v) is 12.7. The summed E-state index contributed by atoms with van der Waals surface area (Å²) in [6.07, 6.45) is 1.07. The van der Waals surface area contributed by atoms with E-state index in [4.69, 9.17) is 5.73 Å². The van der Waals surface area contributed by atoms with E-state index in [1.807, 2.05) is 0 Å². The summed E-state index contributed by atoms with van der Waals surface area (Å²) in [6, 6.07) is 5.02. The molecule has 18 heavy (non-hydrogen) atoms. The highest BCUT2D eigenvalue weighted by Crippen LogP contribution is 2.33. The fourth-order valence-corrected chi connectivity index (χ4v) is 3.13. The van der Waals surface area contributed by atoms with Crippen molar-refractivity contribution in [2.75, 3.05) is 20.6 Å². The Labute approximate surface area is 112 Å². The van der Waals surface area contributed by atoms with Gasteiger partial charge in [0, 0.05) is 6.04 Å². The van der Waals surface area contributed by atoms with Crippen molar-refractivity contribution in [2.24, 2.45) is 11.7 Å². The van der Waals surface area contributed by atoms with Gasteiger partial charge < -0.3 is 10.6 Å². The maximum Gasteiger partial charge on any atom is 0.0373 e. The first-order chi connectivity index (χ1) is 8.38. The van der Waals surface area contributed by atoms with E-state index < -0.39 is 0 Å². The van der Waals surface area contributed by atoms with Crippen molar-refractivity contribution in [2.45, 2.75) is 40.2 Å². The second-order valence-corrected chi connectivity index (χ2v) is 5.78. The van der Waals surface area contributed by atoms with Gasteiger partial charge in [0.05, 0.1) is 0 Å². The molecule has 2 nitrogen and oxygen atoms in total. The van der Waals surface area contributed by atoms with Gasteiger partial charge in [0.25, 0.3) is 0 Å². The van der Waals surface area contributed by atoms with Crippen molar-refractivity contribution < 1.29 is 0 Å². The minimum atomic E-state index is 0.453. The van der Waals surface area contributed by atoms with Gasteiger partial charge >= 0.3 is 0 Å². The SMILES string of the molecule is Cc1cc(C)c(C(C(C)CCN)N(C)C)c(C)c1. The van der Waals surface area contributed by atoms with E-state index >= 15 is 0 Å². The lowest BCUT2D eigenvalue weighted by atomic mass is 9.85. The Morgan fingerprint density at radius 3 is 2.00 bits per heavy atom. The fraction of sp³-hybridized carbons (Fsp3) is 0.625. The largest absolute Gasteiger partial charge is 0.330 e. The number of benzene rings is 1. The highest BCUT2D eigenvalue weighted by molar-refractivity contribution is 5.40. The van der Waals surface area contributed by atoms with Crippen molar-refractivity contribution in [3.63, 3.8) is 0 Å². The van der Waals surface area contributed by atoms with Gasteiger partial charge in [-0.25, -0.2) is 0 Å². The number of hydrogen-bond donors (Lipinski definition) is 1. The molecule has 0 bridgehead atoms. The molecule has 1 aromatic carbocycles. The van der Waals surface area contributed by atoms with Crippen LogP contribution in [0.15, 0.2) is 12.1 Å². The average Bonchev–Trinajstić information content (AvgIpc) is 2.22. The molecule has 1 aromatic rings. The van der Waals surface area contributed by atoms with Gasteiger partial charge in [-0.05, 0) is 70.4 Å². The molecule has 0 saturated carbocycles. The van der Waals surface area contributed by atoms with Crippen LogP contribution in [0.5, 0.6) is 0 Å². The number of hydrogen-bond acceptors (Lipinski definition) is 2. The van der Waals surface area contributed by atoms with Crippen LogP contribution in [0.1, 0.15) is 41.6 Å². The molecule has 0 aliphatic carbocycles. The molecule has 0 saturated heterocycles. The first-order valence-electron chi connectivity index (χ1n) is 6.82. The summed E-state index contributed by atoms with van der Waals surface area (Å²) in [5.41, 5.74) is 11.3. The molecule has 0 heterocycles. The Kier molecular flexibility index (Phi) is 5.36. The van der Waals surface area contributed by atoms with Crippen LogP contribution in [0, 0.1) is 26.7 Å².